The van der Waals surface area contributed by atoms with Gasteiger partial charge in [-0.05, 0) is 6.42 Å². The third-order valence-electron chi connectivity index (χ3n) is 2.45. The summed E-state index contributed by atoms with van der Waals surface area (Å²) in [5, 5.41) is 0. The monoisotopic (exact) mass is 182 g/mol. The summed E-state index contributed by atoms with van der Waals surface area (Å²) in [6, 6.07) is 0.248. The molecule has 1 saturated heterocycles. The number of nitrogens with zero attached hydrogens (tertiary/aromatic N) is 1. The summed E-state index contributed by atoms with van der Waals surface area (Å²) in [6.07, 6.45) is 6.59. The van der Waals surface area contributed by atoms with E-state index in [2.05, 4.69) is 17.7 Å². The van der Waals surface area contributed by atoms with Crippen LogP contribution in [-0.4, -0.2) is 43.3 Å². The van der Waals surface area contributed by atoms with Crippen LogP contribution in [0.3, 0.4) is 0 Å². The Labute approximate surface area is 80.2 Å². The summed E-state index contributed by atoms with van der Waals surface area (Å²) < 4.78 is 5.46. The molecule has 2 atom stereocenters. The van der Waals surface area contributed by atoms with Gasteiger partial charge in [-0.1, -0.05) is 12.8 Å². The summed E-state index contributed by atoms with van der Waals surface area (Å²) in [7, 11) is 0. The van der Waals surface area contributed by atoms with Crippen LogP contribution in [0.2, 0.25) is 0 Å². The summed E-state index contributed by atoms with van der Waals surface area (Å²) in [6.45, 7) is 5.24. The number of ether oxygens (including phenoxy) is 1. The third kappa shape index (κ3) is 2.70. The number of hydrogen-bond acceptors (Lipinski definition) is 3. The van der Waals surface area contributed by atoms with Crippen LogP contribution < -0.4 is 5.73 Å². The predicted molar refractivity (Wildman–Crippen MR) is 53.3 cm³/mol. The summed E-state index contributed by atoms with van der Waals surface area (Å²) in [5.74, 6) is 2.80. The maximum Gasteiger partial charge on any atom is 0.0825 e. The average Bonchev–Trinajstić information content (AvgIpc) is 2.20. The van der Waals surface area contributed by atoms with Gasteiger partial charge in [0.1, 0.15) is 0 Å². The van der Waals surface area contributed by atoms with Crippen molar-refractivity contribution >= 4 is 0 Å². The average molecular weight is 182 g/mol. The highest BCUT2D eigenvalue weighted by atomic mass is 16.5. The van der Waals surface area contributed by atoms with E-state index in [4.69, 9.17) is 16.9 Å². The molecule has 3 nitrogen and oxygen atoms in total. The van der Waals surface area contributed by atoms with E-state index in [1.807, 2.05) is 0 Å². The third-order valence-corrected chi connectivity index (χ3v) is 2.45. The molecule has 0 aliphatic carbocycles. The van der Waals surface area contributed by atoms with E-state index in [0.29, 0.717) is 6.54 Å². The smallest absolute Gasteiger partial charge is 0.0825 e. The molecule has 0 aromatic heterocycles. The van der Waals surface area contributed by atoms with Gasteiger partial charge in [0, 0.05) is 19.6 Å². The molecule has 0 aromatic carbocycles. The number of hydrogen-bond donors (Lipinski definition) is 1. The molecule has 0 radical (unpaired) electrons. The first-order valence-corrected chi connectivity index (χ1v) is 4.83. The topological polar surface area (TPSA) is 38.5 Å². The lowest BCUT2D eigenvalue weighted by molar-refractivity contribution is -0.0312. The van der Waals surface area contributed by atoms with Crippen molar-refractivity contribution in [3.8, 4) is 12.3 Å². The molecule has 0 amide bonds. The summed E-state index contributed by atoms with van der Waals surface area (Å²) in [5.41, 5.74) is 5.55. The molecule has 1 aliphatic rings. The van der Waals surface area contributed by atoms with Gasteiger partial charge in [0.15, 0.2) is 0 Å². The lowest BCUT2D eigenvalue weighted by atomic mass is 10.1. The van der Waals surface area contributed by atoms with E-state index < -0.39 is 0 Å². The highest BCUT2D eigenvalue weighted by Gasteiger charge is 2.23. The molecule has 3 heteroatoms. The minimum Gasteiger partial charge on any atom is -0.374 e. The van der Waals surface area contributed by atoms with Crippen LogP contribution >= 0.6 is 0 Å². The van der Waals surface area contributed by atoms with E-state index in [-0.39, 0.29) is 12.1 Å². The number of terminal acetylenes is 1. The van der Waals surface area contributed by atoms with Gasteiger partial charge in [0.2, 0.25) is 0 Å². The molecular weight excluding hydrogens is 164 g/mol. The van der Waals surface area contributed by atoms with Crippen LogP contribution in [0, 0.1) is 12.3 Å². The maximum atomic E-state index is 5.55. The van der Waals surface area contributed by atoms with Gasteiger partial charge in [-0.3, -0.25) is 4.90 Å². The van der Waals surface area contributed by atoms with E-state index in [1.165, 1.54) is 0 Å². The second-order valence-electron chi connectivity index (χ2n) is 3.31. The van der Waals surface area contributed by atoms with Gasteiger partial charge in [-0.2, -0.15) is 0 Å². The quantitative estimate of drug-likeness (QED) is 0.627. The van der Waals surface area contributed by atoms with Gasteiger partial charge in [0.25, 0.3) is 0 Å². The minimum absolute atomic E-state index is 0.163. The Morgan fingerprint density at radius 1 is 1.77 bits per heavy atom. The molecule has 74 valence electrons. The largest absolute Gasteiger partial charge is 0.374 e. The zero-order valence-corrected chi connectivity index (χ0v) is 8.20. The normalized spacial score (nSPS) is 26.7. The maximum absolute atomic E-state index is 5.55. The van der Waals surface area contributed by atoms with E-state index >= 15 is 0 Å². The SMILES string of the molecule is C#CC(CC)N1CCOC(CN)C1. The number of nitrogens with two attached hydrogens (primary N) is 1. The van der Waals surface area contributed by atoms with Crippen molar-refractivity contribution < 1.29 is 4.74 Å². The zero-order chi connectivity index (χ0) is 9.68. The number of morpholine rings is 1. The summed E-state index contributed by atoms with van der Waals surface area (Å²) in [4.78, 5) is 2.28. The van der Waals surface area contributed by atoms with E-state index in [9.17, 15) is 0 Å². The Hall–Kier alpha value is -0.560. The number of rotatable bonds is 3. The van der Waals surface area contributed by atoms with Gasteiger partial charge < -0.3 is 10.5 Å². The molecule has 2 unspecified atom stereocenters. The first-order valence-electron chi connectivity index (χ1n) is 4.83. The first kappa shape index (κ1) is 10.5. The van der Waals surface area contributed by atoms with Gasteiger partial charge in [0.05, 0.1) is 18.8 Å². The van der Waals surface area contributed by atoms with Gasteiger partial charge >= 0.3 is 0 Å². The van der Waals surface area contributed by atoms with Crippen molar-refractivity contribution in [3.05, 3.63) is 0 Å². The highest BCUT2D eigenvalue weighted by Crippen LogP contribution is 2.09. The molecule has 1 rings (SSSR count). The van der Waals surface area contributed by atoms with E-state index in [1.54, 1.807) is 0 Å². The Kier molecular flexibility index (Phi) is 4.23. The summed E-state index contributed by atoms with van der Waals surface area (Å²) >= 11 is 0. The second kappa shape index (κ2) is 5.23. The Bertz CT molecular complexity index is 188. The minimum atomic E-state index is 0.163. The van der Waals surface area contributed by atoms with Crippen LogP contribution in [0.25, 0.3) is 0 Å². The second-order valence-corrected chi connectivity index (χ2v) is 3.31. The van der Waals surface area contributed by atoms with Crippen molar-refractivity contribution in [1.29, 1.82) is 0 Å². The molecule has 0 aromatic rings. The van der Waals surface area contributed by atoms with Crippen LogP contribution in [0.5, 0.6) is 0 Å². The van der Waals surface area contributed by atoms with Crippen LogP contribution in [-0.2, 0) is 4.74 Å². The van der Waals surface area contributed by atoms with Crippen molar-refractivity contribution in [1.82, 2.24) is 4.90 Å². The van der Waals surface area contributed by atoms with Crippen molar-refractivity contribution in [3.63, 3.8) is 0 Å². The molecule has 0 bridgehead atoms. The van der Waals surface area contributed by atoms with Gasteiger partial charge in [-0.15, -0.1) is 6.42 Å². The van der Waals surface area contributed by atoms with Crippen LogP contribution in [0.1, 0.15) is 13.3 Å². The van der Waals surface area contributed by atoms with Gasteiger partial charge in [-0.25, -0.2) is 0 Å². The fourth-order valence-electron chi connectivity index (χ4n) is 1.65. The molecule has 0 saturated carbocycles. The molecule has 2 N–H and O–H groups in total. The standard InChI is InChI=1S/C10H18N2O/c1-3-9(4-2)12-5-6-13-10(7-11)8-12/h1,9-10H,4-8,11H2,2H3. The molecule has 1 fully saturated rings. The molecule has 0 spiro atoms. The lowest BCUT2D eigenvalue weighted by Crippen LogP contribution is -2.49. The zero-order valence-electron chi connectivity index (χ0n) is 8.20. The highest BCUT2D eigenvalue weighted by molar-refractivity contribution is 5.00. The Balaban J connectivity index is 2.46. The molecule has 1 heterocycles. The fraction of sp³-hybridized carbons (Fsp3) is 0.800. The Morgan fingerprint density at radius 3 is 3.08 bits per heavy atom. The molecule has 1 aliphatic heterocycles. The first-order chi connectivity index (χ1) is 6.31. The molecular formula is C10H18N2O. The van der Waals surface area contributed by atoms with Crippen LogP contribution in [0.15, 0.2) is 0 Å². The lowest BCUT2D eigenvalue weighted by Gasteiger charge is -2.35. The van der Waals surface area contributed by atoms with E-state index in [0.717, 1.165) is 26.1 Å². The fourth-order valence-corrected chi connectivity index (χ4v) is 1.65. The van der Waals surface area contributed by atoms with Crippen molar-refractivity contribution in [2.24, 2.45) is 5.73 Å². The Morgan fingerprint density at radius 2 is 2.54 bits per heavy atom. The van der Waals surface area contributed by atoms with Crippen molar-refractivity contribution in [2.45, 2.75) is 25.5 Å². The molecule has 13 heavy (non-hydrogen) atoms. The predicted octanol–water partition coefficient (Wildman–Crippen LogP) is 0.0577. The van der Waals surface area contributed by atoms with Crippen molar-refractivity contribution in [2.75, 3.05) is 26.2 Å². The van der Waals surface area contributed by atoms with Crippen LogP contribution in [0.4, 0.5) is 0 Å².